The molecule has 4 nitrogen and oxygen atoms in total. The van der Waals surface area contributed by atoms with Crippen LogP contribution in [-0.4, -0.2) is 23.8 Å². The Hall–Kier alpha value is -1.76. The van der Waals surface area contributed by atoms with Gasteiger partial charge in [-0.25, -0.2) is 4.79 Å². The lowest BCUT2D eigenvalue weighted by Crippen LogP contribution is -2.41. The average molecular weight is 332 g/mol. The highest BCUT2D eigenvalue weighted by Gasteiger charge is 2.30. The lowest BCUT2D eigenvalue weighted by Gasteiger charge is -2.26. The van der Waals surface area contributed by atoms with E-state index in [1.807, 2.05) is 13.8 Å². The van der Waals surface area contributed by atoms with Gasteiger partial charge in [-0.05, 0) is 36.5 Å². The predicted molar refractivity (Wildman–Crippen MR) is 81.8 cm³/mol. The zero-order chi connectivity index (χ0) is 17.7. The number of hydrogen-bond acceptors (Lipinski definition) is 2. The summed E-state index contributed by atoms with van der Waals surface area (Å²) in [6, 6.07) is 4.37. The fraction of sp³-hybridized carbons (Fsp3) is 0.562. The fourth-order valence-corrected chi connectivity index (χ4v) is 2.29. The Morgan fingerprint density at radius 2 is 1.91 bits per heavy atom. The van der Waals surface area contributed by atoms with E-state index in [9.17, 15) is 23.1 Å². The molecular formula is C16H23F3N2O2. The van der Waals surface area contributed by atoms with Gasteiger partial charge < -0.3 is 15.7 Å². The first-order valence-electron chi connectivity index (χ1n) is 7.35. The molecule has 0 aliphatic heterocycles. The van der Waals surface area contributed by atoms with E-state index in [0.29, 0.717) is 18.5 Å². The largest absolute Gasteiger partial charge is 0.416 e. The molecule has 2 amide bonds. The van der Waals surface area contributed by atoms with Gasteiger partial charge in [0.25, 0.3) is 0 Å². The van der Waals surface area contributed by atoms with Gasteiger partial charge in [0.15, 0.2) is 0 Å². The van der Waals surface area contributed by atoms with Gasteiger partial charge in [-0.3, -0.25) is 0 Å². The van der Waals surface area contributed by atoms with Crippen LogP contribution in [0.25, 0.3) is 0 Å². The van der Waals surface area contributed by atoms with Crippen LogP contribution < -0.4 is 10.6 Å². The van der Waals surface area contributed by atoms with Crippen molar-refractivity contribution < 1.29 is 23.1 Å². The van der Waals surface area contributed by atoms with Crippen molar-refractivity contribution in [2.24, 2.45) is 5.41 Å². The standard InChI is InChI=1S/C16H23F3N2O2/c1-11(22)8-15(2,3)10-21-14(23)20-9-12-5-4-6-13(7-12)16(17,18)19/h4-7,11,22H,8-10H2,1-3H3,(H2,20,21,23)/t11-/m0/s1. The number of alkyl halides is 3. The zero-order valence-electron chi connectivity index (χ0n) is 13.5. The van der Waals surface area contributed by atoms with Crippen molar-refractivity contribution in [2.75, 3.05) is 6.54 Å². The second kappa shape index (κ2) is 7.68. The van der Waals surface area contributed by atoms with Crippen molar-refractivity contribution in [1.29, 1.82) is 0 Å². The van der Waals surface area contributed by atoms with Gasteiger partial charge in [-0.15, -0.1) is 0 Å². The molecule has 130 valence electrons. The minimum absolute atomic E-state index is 0.00653. The Bertz CT molecular complexity index is 528. The number of hydrogen-bond donors (Lipinski definition) is 3. The van der Waals surface area contributed by atoms with Gasteiger partial charge in [0, 0.05) is 13.1 Å². The number of amides is 2. The molecule has 0 radical (unpaired) electrons. The normalized spacial score (nSPS) is 13.5. The van der Waals surface area contributed by atoms with Crippen molar-refractivity contribution in [3.05, 3.63) is 35.4 Å². The molecular weight excluding hydrogens is 309 g/mol. The number of carbonyl (C=O) groups is 1. The van der Waals surface area contributed by atoms with Crippen LogP contribution in [-0.2, 0) is 12.7 Å². The number of aliphatic hydroxyl groups excluding tert-OH is 1. The molecule has 0 fully saturated rings. The van der Waals surface area contributed by atoms with Crippen LogP contribution in [0, 0.1) is 5.41 Å². The summed E-state index contributed by atoms with van der Waals surface area (Å²) in [4.78, 5) is 11.7. The monoisotopic (exact) mass is 332 g/mol. The minimum Gasteiger partial charge on any atom is -0.393 e. The van der Waals surface area contributed by atoms with Crippen molar-refractivity contribution in [3.8, 4) is 0 Å². The molecule has 0 saturated heterocycles. The summed E-state index contributed by atoms with van der Waals surface area (Å²) in [5.74, 6) is 0. The van der Waals surface area contributed by atoms with E-state index in [1.165, 1.54) is 12.1 Å². The van der Waals surface area contributed by atoms with Crippen molar-refractivity contribution in [3.63, 3.8) is 0 Å². The van der Waals surface area contributed by atoms with Crippen LogP contribution >= 0.6 is 0 Å². The summed E-state index contributed by atoms with van der Waals surface area (Å²) >= 11 is 0. The highest BCUT2D eigenvalue weighted by atomic mass is 19.4. The Kier molecular flexibility index (Phi) is 6.44. The summed E-state index contributed by atoms with van der Waals surface area (Å²) in [7, 11) is 0. The molecule has 0 aliphatic rings. The van der Waals surface area contributed by atoms with Gasteiger partial charge in [0.2, 0.25) is 0 Å². The first-order valence-corrected chi connectivity index (χ1v) is 7.35. The fourth-order valence-electron chi connectivity index (χ4n) is 2.29. The van der Waals surface area contributed by atoms with Crippen molar-refractivity contribution in [1.82, 2.24) is 10.6 Å². The van der Waals surface area contributed by atoms with E-state index in [-0.39, 0.29) is 12.0 Å². The second-order valence-electron chi connectivity index (χ2n) is 6.45. The summed E-state index contributed by atoms with van der Waals surface area (Å²) in [6.45, 7) is 5.86. The lowest BCUT2D eigenvalue weighted by molar-refractivity contribution is -0.137. The Balaban J connectivity index is 2.48. The van der Waals surface area contributed by atoms with Crippen LogP contribution in [0.15, 0.2) is 24.3 Å². The van der Waals surface area contributed by atoms with E-state index in [1.54, 1.807) is 6.92 Å². The van der Waals surface area contributed by atoms with E-state index in [2.05, 4.69) is 10.6 Å². The lowest BCUT2D eigenvalue weighted by atomic mass is 9.87. The summed E-state index contributed by atoms with van der Waals surface area (Å²) in [6.07, 6.45) is -4.34. The van der Waals surface area contributed by atoms with Crippen LogP contribution in [0.5, 0.6) is 0 Å². The van der Waals surface area contributed by atoms with Crippen molar-refractivity contribution >= 4 is 6.03 Å². The number of aliphatic hydroxyl groups is 1. The Morgan fingerprint density at radius 3 is 2.48 bits per heavy atom. The van der Waals surface area contributed by atoms with E-state index < -0.39 is 23.9 Å². The summed E-state index contributed by atoms with van der Waals surface area (Å²) in [5.41, 5.74) is -0.643. The molecule has 7 heteroatoms. The van der Waals surface area contributed by atoms with E-state index in [0.717, 1.165) is 12.1 Å². The molecule has 0 unspecified atom stereocenters. The smallest absolute Gasteiger partial charge is 0.393 e. The maximum atomic E-state index is 12.6. The molecule has 0 bridgehead atoms. The molecule has 1 rings (SSSR count). The van der Waals surface area contributed by atoms with E-state index >= 15 is 0 Å². The highest BCUT2D eigenvalue weighted by molar-refractivity contribution is 5.73. The molecule has 0 heterocycles. The molecule has 1 aromatic carbocycles. The molecule has 0 aromatic heterocycles. The summed E-state index contributed by atoms with van der Waals surface area (Å²) < 4.78 is 37.8. The molecule has 0 aliphatic carbocycles. The van der Waals surface area contributed by atoms with Gasteiger partial charge in [0.05, 0.1) is 11.7 Å². The molecule has 0 spiro atoms. The third-order valence-electron chi connectivity index (χ3n) is 3.28. The summed E-state index contributed by atoms with van der Waals surface area (Å²) in [5, 5.41) is 14.6. The maximum Gasteiger partial charge on any atom is 0.416 e. The minimum atomic E-state index is -4.40. The predicted octanol–water partition coefficient (Wildman–Crippen LogP) is 3.30. The van der Waals surface area contributed by atoms with Gasteiger partial charge in [0.1, 0.15) is 0 Å². The molecule has 1 aromatic rings. The SMILES string of the molecule is C[C@H](O)CC(C)(C)CNC(=O)NCc1cccc(C(F)(F)F)c1. The molecule has 23 heavy (non-hydrogen) atoms. The van der Waals surface area contributed by atoms with Gasteiger partial charge in [-0.1, -0.05) is 26.0 Å². The van der Waals surface area contributed by atoms with Gasteiger partial charge in [-0.2, -0.15) is 13.2 Å². The van der Waals surface area contributed by atoms with Gasteiger partial charge >= 0.3 is 12.2 Å². The zero-order valence-corrected chi connectivity index (χ0v) is 13.5. The number of carbonyl (C=O) groups excluding carboxylic acids is 1. The van der Waals surface area contributed by atoms with E-state index in [4.69, 9.17) is 0 Å². The average Bonchev–Trinajstić information content (AvgIpc) is 2.41. The van der Waals surface area contributed by atoms with Crippen LogP contribution in [0.2, 0.25) is 0 Å². The van der Waals surface area contributed by atoms with Crippen molar-refractivity contribution in [2.45, 2.75) is 46.0 Å². The molecule has 0 saturated carbocycles. The first kappa shape index (κ1) is 19.3. The highest BCUT2D eigenvalue weighted by Crippen LogP contribution is 2.29. The van der Waals surface area contributed by atoms with Crippen LogP contribution in [0.4, 0.5) is 18.0 Å². The number of nitrogens with one attached hydrogen (secondary N) is 2. The third-order valence-corrected chi connectivity index (χ3v) is 3.28. The number of halogens is 3. The number of benzene rings is 1. The Morgan fingerprint density at radius 1 is 1.26 bits per heavy atom. The second-order valence-corrected chi connectivity index (χ2v) is 6.45. The topological polar surface area (TPSA) is 61.4 Å². The first-order chi connectivity index (χ1) is 10.5. The molecule has 1 atom stereocenters. The third kappa shape index (κ3) is 7.36. The maximum absolute atomic E-state index is 12.6. The number of rotatable bonds is 6. The van der Waals surface area contributed by atoms with Crippen LogP contribution in [0.1, 0.15) is 38.3 Å². The number of urea groups is 1. The van der Waals surface area contributed by atoms with Crippen LogP contribution in [0.3, 0.4) is 0 Å². The molecule has 3 N–H and O–H groups in total. The Labute approximate surface area is 134 Å². The quantitative estimate of drug-likeness (QED) is 0.748.